The van der Waals surface area contributed by atoms with Crippen LogP contribution < -0.4 is 0 Å². The van der Waals surface area contributed by atoms with Gasteiger partial charge >= 0.3 is 24.1 Å². The summed E-state index contributed by atoms with van der Waals surface area (Å²) in [5.41, 5.74) is -1.87. The largest absolute Gasteiger partial charge is 0.458 e. The normalized spacial score (nSPS) is 25.3. The molecule has 10 heteroatoms. The number of ether oxygens (including phenoxy) is 5. The molecule has 1 heterocycles. The van der Waals surface area contributed by atoms with E-state index in [2.05, 4.69) is 13.8 Å². The molecule has 1 aliphatic carbocycles. The molecular formula is C27H45NO9. The van der Waals surface area contributed by atoms with Gasteiger partial charge in [0.2, 0.25) is 0 Å². The van der Waals surface area contributed by atoms with Gasteiger partial charge in [0.25, 0.3) is 0 Å². The van der Waals surface area contributed by atoms with Gasteiger partial charge < -0.3 is 23.7 Å². The highest BCUT2D eigenvalue weighted by Crippen LogP contribution is 2.33. The molecule has 4 atom stereocenters. The van der Waals surface area contributed by atoms with Gasteiger partial charge in [-0.25, -0.2) is 14.4 Å². The van der Waals surface area contributed by atoms with Crippen molar-refractivity contribution in [3.8, 4) is 0 Å². The van der Waals surface area contributed by atoms with E-state index in [1.54, 1.807) is 48.5 Å². The van der Waals surface area contributed by atoms with Crippen LogP contribution in [-0.4, -0.2) is 71.7 Å². The minimum Gasteiger partial charge on any atom is -0.458 e. The Bertz CT molecular complexity index is 795. The second kappa shape index (κ2) is 12.5. The van der Waals surface area contributed by atoms with Crippen molar-refractivity contribution in [3.05, 3.63) is 0 Å². The first kappa shape index (κ1) is 30.9. The van der Waals surface area contributed by atoms with Crippen LogP contribution >= 0.6 is 0 Å². The lowest BCUT2D eigenvalue weighted by atomic mass is 9.91. The smallest absolute Gasteiger partial charge is 0.420 e. The Labute approximate surface area is 220 Å². The Morgan fingerprint density at radius 2 is 1.51 bits per heavy atom. The Kier molecular flexibility index (Phi) is 10.4. The fraction of sp³-hybridized carbons (Fsp3) is 0.852. The molecule has 1 aliphatic heterocycles. The second-order valence-corrected chi connectivity index (χ2v) is 12.4. The van der Waals surface area contributed by atoms with Gasteiger partial charge in [-0.15, -0.1) is 0 Å². The average molecular weight is 528 g/mol. The molecule has 2 aliphatic rings. The summed E-state index contributed by atoms with van der Waals surface area (Å²) in [6, 6.07) is -1.45. The molecule has 4 unspecified atom stereocenters. The highest BCUT2D eigenvalue weighted by Gasteiger charge is 2.45. The summed E-state index contributed by atoms with van der Waals surface area (Å²) in [5, 5.41) is 0. The van der Waals surface area contributed by atoms with Crippen LogP contribution in [0.3, 0.4) is 0 Å². The first-order valence-corrected chi connectivity index (χ1v) is 13.2. The number of carbonyl (C=O) groups is 4. The van der Waals surface area contributed by atoms with E-state index in [4.69, 9.17) is 23.7 Å². The number of esters is 2. The van der Waals surface area contributed by atoms with Crippen molar-refractivity contribution in [1.29, 1.82) is 0 Å². The quantitative estimate of drug-likeness (QED) is 0.352. The molecule has 0 aromatic carbocycles. The second-order valence-electron chi connectivity index (χ2n) is 12.4. The van der Waals surface area contributed by atoms with Gasteiger partial charge in [-0.3, -0.25) is 4.79 Å². The van der Waals surface area contributed by atoms with Gasteiger partial charge in [0.1, 0.15) is 23.4 Å². The van der Waals surface area contributed by atoms with Crippen LogP contribution in [-0.2, 0) is 33.3 Å². The van der Waals surface area contributed by atoms with Crippen LogP contribution in [0.1, 0.15) is 88.0 Å². The summed E-state index contributed by atoms with van der Waals surface area (Å²) in [6.07, 6.45) is -0.515. The van der Waals surface area contributed by atoms with Crippen molar-refractivity contribution in [1.82, 2.24) is 4.90 Å². The SMILES string of the molecule is CC(C)CCC1COCC(N(C(=O)OC(C)(C)C)C(=O)OC(C)(C)C)C(=O)OC(C)C1OC(=O)C1CC1. The lowest BCUT2D eigenvalue weighted by Gasteiger charge is -2.32. The molecule has 212 valence electrons. The maximum atomic E-state index is 13.4. The number of carbonyl (C=O) groups excluding carboxylic acids is 4. The zero-order valence-electron chi connectivity index (χ0n) is 23.8. The lowest BCUT2D eigenvalue weighted by molar-refractivity contribution is -0.174. The number of nitrogens with zero attached hydrogens (tertiary/aromatic N) is 1. The summed E-state index contributed by atoms with van der Waals surface area (Å²) >= 11 is 0. The minimum absolute atomic E-state index is 0.121. The average Bonchev–Trinajstić information content (AvgIpc) is 3.55. The standard InChI is InChI=1S/C27H45NO9/c1-16(2)10-11-19-14-33-15-20(23(30)34-17(3)21(19)35-22(29)18-12-13-18)28(24(31)36-26(4,5)6)25(32)37-27(7,8)9/h16-21H,10-15H2,1-9H3. The van der Waals surface area contributed by atoms with Gasteiger partial charge in [0.15, 0.2) is 6.04 Å². The van der Waals surface area contributed by atoms with Crippen molar-refractivity contribution < 1.29 is 42.9 Å². The van der Waals surface area contributed by atoms with Crippen molar-refractivity contribution >= 4 is 24.1 Å². The zero-order chi connectivity index (χ0) is 28.1. The molecule has 0 N–H and O–H groups in total. The minimum atomic E-state index is -1.45. The molecule has 2 amide bonds. The van der Waals surface area contributed by atoms with E-state index < -0.39 is 47.6 Å². The molecule has 0 bridgehead atoms. The fourth-order valence-corrected chi connectivity index (χ4v) is 3.87. The van der Waals surface area contributed by atoms with Crippen molar-refractivity contribution in [2.45, 2.75) is 117 Å². The van der Waals surface area contributed by atoms with Crippen LogP contribution in [0.2, 0.25) is 0 Å². The van der Waals surface area contributed by atoms with Crippen LogP contribution in [0.5, 0.6) is 0 Å². The molecule has 1 saturated heterocycles. The van der Waals surface area contributed by atoms with Gasteiger partial charge in [-0.05, 0) is 73.6 Å². The third kappa shape index (κ3) is 10.1. The molecule has 37 heavy (non-hydrogen) atoms. The van der Waals surface area contributed by atoms with Crippen molar-refractivity contribution in [2.75, 3.05) is 13.2 Å². The van der Waals surface area contributed by atoms with E-state index in [1.807, 2.05) is 0 Å². The Hall–Kier alpha value is -2.36. The van der Waals surface area contributed by atoms with Crippen LogP contribution in [0, 0.1) is 17.8 Å². The van der Waals surface area contributed by atoms with Gasteiger partial charge in [0, 0.05) is 5.92 Å². The van der Waals surface area contributed by atoms with Crippen molar-refractivity contribution in [2.24, 2.45) is 17.8 Å². The Morgan fingerprint density at radius 3 is 1.97 bits per heavy atom. The number of hydrogen-bond donors (Lipinski definition) is 0. The third-order valence-corrected chi connectivity index (χ3v) is 5.88. The molecule has 0 radical (unpaired) electrons. The van der Waals surface area contributed by atoms with Gasteiger partial charge in [0.05, 0.1) is 19.1 Å². The summed E-state index contributed by atoms with van der Waals surface area (Å²) in [7, 11) is 0. The van der Waals surface area contributed by atoms with Crippen LogP contribution in [0.4, 0.5) is 9.59 Å². The number of cyclic esters (lactones) is 1. The maximum Gasteiger partial charge on any atom is 0.420 e. The number of imide groups is 1. The molecule has 2 fully saturated rings. The highest BCUT2D eigenvalue weighted by molar-refractivity contribution is 5.94. The van der Waals surface area contributed by atoms with E-state index in [1.165, 1.54) is 0 Å². The molecule has 10 nitrogen and oxygen atoms in total. The lowest BCUT2D eigenvalue weighted by Crippen LogP contribution is -2.54. The highest BCUT2D eigenvalue weighted by atomic mass is 16.6. The summed E-state index contributed by atoms with van der Waals surface area (Å²) < 4.78 is 28.3. The van der Waals surface area contributed by atoms with E-state index in [0.717, 1.165) is 19.3 Å². The van der Waals surface area contributed by atoms with E-state index in [9.17, 15) is 19.2 Å². The Balaban J connectivity index is 2.35. The molecule has 0 aromatic rings. The molecule has 0 spiro atoms. The number of amides is 2. The van der Waals surface area contributed by atoms with Gasteiger partial charge in [-0.1, -0.05) is 20.3 Å². The van der Waals surface area contributed by atoms with Crippen LogP contribution in [0.25, 0.3) is 0 Å². The summed E-state index contributed by atoms with van der Waals surface area (Å²) in [4.78, 5) is 52.7. The first-order chi connectivity index (χ1) is 17.0. The Morgan fingerprint density at radius 1 is 0.973 bits per heavy atom. The number of hydrogen-bond acceptors (Lipinski definition) is 9. The predicted octanol–water partition coefficient (Wildman–Crippen LogP) is 4.86. The van der Waals surface area contributed by atoms with E-state index in [-0.39, 0.29) is 31.0 Å². The molecule has 0 aromatic heterocycles. The van der Waals surface area contributed by atoms with Crippen LogP contribution in [0.15, 0.2) is 0 Å². The molecule has 1 saturated carbocycles. The van der Waals surface area contributed by atoms with E-state index in [0.29, 0.717) is 17.2 Å². The molecular weight excluding hydrogens is 482 g/mol. The topological polar surface area (TPSA) is 118 Å². The zero-order valence-corrected chi connectivity index (χ0v) is 23.8. The summed E-state index contributed by atoms with van der Waals surface area (Å²) in [6.45, 7) is 15.6. The van der Waals surface area contributed by atoms with Gasteiger partial charge in [-0.2, -0.15) is 4.90 Å². The molecule has 2 rings (SSSR count). The predicted molar refractivity (Wildman–Crippen MR) is 135 cm³/mol. The monoisotopic (exact) mass is 527 g/mol. The van der Waals surface area contributed by atoms with E-state index >= 15 is 0 Å². The third-order valence-electron chi connectivity index (χ3n) is 5.88. The fourth-order valence-electron chi connectivity index (χ4n) is 3.87. The first-order valence-electron chi connectivity index (χ1n) is 13.2. The maximum absolute atomic E-state index is 13.4. The number of rotatable bonds is 6. The summed E-state index contributed by atoms with van der Waals surface area (Å²) in [5.74, 6) is -1.12. The van der Waals surface area contributed by atoms with Crippen molar-refractivity contribution in [3.63, 3.8) is 0 Å².